The first-order valence-electron chi connectivity index (χ1n) is 8.08. The van der Waals surface area contributed by atoms with Crippen LogP contribution in [0.4, 0.5) is 11.4 Å². The highest BCUT2D eigenvalue weighted by Gasteiger charge is 2.15. The molecule has 25 heavy (non-hydrogen) atoms. The number of fused-ring (bicyclic) bond motifs is 1. The number of rotatable bonds is 5. The Balaban J connectivity index is 2.12. The summed E-state index contributed by atoms with van der Waals surface area (Å²) < 4.78 is 10.2. The third-order valence-corrected chi connectivity index (χ3v) is 4.06. The molecule has 1 aromatic heterocycles. The van der Waals surface area contributed by atoms with Gasteiger partial charge in [0.05, 0.1) is 19.9 Å². The van der Waals surface area contributed by atoms with Crippen molar-refractivity contribution >= 4 is 28.2 Å². The van der Waals surface area contributed by atoms with Crippen LogP contribution in [-0.2, 0) is 11.2 Å². The van der Waals surface area contributed by atoms with Crippen LogP contribution in [0.5, 0.6) is 5.75 Å². The highest BCUT2D eigenvalue weighted by Crippen LogP contribution is 2.32. The minimum absolute atomic E-state index is 0.229. The van der Waals surface area contributed by atoms with Crippen LogP contribution in [0.2, 0.25) is 0 Å². The number of nitrogens with one attached hydrogen (secondary N) is 1. The number of aryl methyl sites for hydroxylation is 1. The topological polar surface area (TPSA) is 60.5 Å². The van der Waals surface area contributed by atoms with E-state index in [1.54, 1.807) is 13.2 Å². The number of hydrogen-bond donors (Lipinski definition) is 1. The van der Waals surface area contributed by atoms with Gasteiger partial charge < -0.3 is 14.8 Å². The summed E-state index contributed by atoms with van der Waals surface area (Å²) >= 11 is 0. The van der Waals surface area contributed by atoms with Crippen molar-refractivity contribution in [2.45, 2.75) is 13.3 Å². The van der Waals surface area contributed by atoms with Gasteiger partial charge in [0, 0.05) is 11.1 Å². The van der Waals surface area contributed by atoms with E-state index in [-0.39, 0.29) is 5.69 Å². The van der Waals surface area contributed by atoms with Crippen molar-refractivity contribution in [1.82, 2.24) is 4.98 Å². The van der Waals surface area contributed by atoms with E-state index in [0.29, 0.717) is 11.3 Å². The summed E-state index contributed by atoms with van der Waals surface area (Å²) in [5.74, 6) is 0.116. The molecule has 0 saturated carbocycles. The maximum absolute atomic E-state index is 12.0. The number of pyridine rings is 1. The fourth-order valence-corrected chi connectivity index (χ4v) is 2.68. The van der Waals surface area contributed by atoms with Crippen LogP contribution >= 0.6 is 0 Å². The molecule has 0 aliphatic carbocycles. The Morgan fingerprint density at radius 1 is 1.12 bits per heavy atom. The normalized spacial score (nSPS) is 10.5. The van der Waals surface area contributed by atoms with Gasteiger partial charge >= 0.3 is 5.97 Å². The lowest BCUT2D eigenvalue weighted by Gasteiger charge is -2.13. The van der Waals surface area contributed by atoms with Crippen LogP contribution in [-0.4, -0.2) is 25.2 Å². The van der Waals surface area contributed by atoms with Crippen molar-refractivity contribution in [2.24, 2.45) is 0 Å². The first-order valence-corrected chi connectivity index (χ1v) is 8.08. The summed E-state index contributed by atoms with van der Waals surface area (Å²) in [5.41, 5.74) is 3.81. The molecule has 0 spiro atoms. The number of esters is 1. The summed E-state index contributed by atoms with van der Waals surface area (Å²) in [4.78, 5) is 16.4. The van der Waals surface area contributed by atoms with Gasteiger partial charge in [-0.3, -0.25) is 0 Å². The highest BCUT2D eigenvalue weighted by molar-refractivity contribution is 6.00. The Labute approximate surface area is 146 Å². The second-order valence-electron chi connectivity index (χ2n) is 5.58. The monoisotopic (exact) mass is 336 g/mol. The molecule has 0 aliphatic rings. The molecule has 5 nitrogen and oxygen atoms in total. The molecule has 128 valence electrons. The van der Waals surface area contributed by atoms with Crippen molar-refractivity contribution in [3.8, 4) is 5.75 Å². The molecule has 0 amide bonds. The average molecular weight is 336 g/mol. The minimum Gasteiger partial charge on any atom is -0.494 e. The molecule has 5 heteroatoms. The number of anilines is 2. The first kappa shape index (κ1) is 16.8. The SMILES string of the molecule is CCc1ccc(Nc2cc(C(=O)OC)nc3c(OC)cccc23)cc1. The smallest absolute Gasteiger partial charge is 0.356 e. The van der Waals surface area contributed by atoms with E-state index in [1.165, 1.54) is 12.7 Å². The molecular formula is C20H20N2O3. The molecular weight excluding hydrogens is 316 g/mol. The number of methoxy groups -OCH3 is 2. The van der Waals surface area contributed by atoms with Crippen LogP contribution in [0.3, 0.4) is 0 Å². The third kappa shape index (κ3) is 3.40. The zero-order chi connectivity index (χ0) is 17.8. The third-order valence-electron chi connectivity index (χ3n) is 4.06. The van der Waals surface area contributed by atoms with Gasteiger partial charge in [-0.2, -0.15) is 0 Å². The molecule has 0 fully saturated rings. The Morgan fingerprint density at radius 3 is 2.52 bits per heavy atom. The molecule has 3 rings (SSSR count). The molecule has 1 N–H and O–H groups in total. The number of benzene rings is 2. The minimum atomic E-state index is -0.489. The van der Waals surface area contributed by atoms with Gasteiger partial charge in [0.25, 0.3) is 0 Å². The molecule has 0 bridgehead atoms. The van der Waals surface area contributed by atoms with E-state index < -0.39 is 5.97 Å². The summed E-state index contributed by atoms with van der Waals surface area (Å²) in [7, 11) is 2.92. The van der Waals surface area contributed by atoms with Crippen LogP contribution in [0.25, 0.3) is 10.9 Å². The molecule has 0 aliphatic heterocycles. The molecule has 0 unspecified atom stereocenters. The van der Waals surface area contributed by atoms with Gasteiger partial charge in [0.1, 0.15) is 11.3 Å². The van der Waals surface area contributed by atoms with Crippen LogP contribution in [0.1, 0.15) is 23.0 Å². The fourth-order valence-electron chi connectivity index (χ4n) is 2.68. The van der Waals surface area contributed by atoms with E-state index in [2.05, 4.69) is 29.4 Å². The second kappa shape index (κ2) is 7.21. The lowest BCUT2D eigenvalue weighted by molar-refractivity contribution is 0.0594. The lowest BCUT2D eigenvalue weighted by atomic mass is 10.1. The number of ether oxygens (including phenoxy) is 2. The lowest BCUT2D eigenvalue weighted by Crippen LogP contribution is -2.06. The average Bonchev–Trinajstić information content (AvgIpc) is 2.67. The number of carbonyl (C=O) groups excluding carboxylic acids is 1. The second-order valence-corrected chi connectivity index (χ2v) is 5.58. The number of nitrogens with zero attached hydrogens (tertiary/aromatic N) is 1. The molecule has 0 atom stereocenters. The van der Waals surface area contributed by atoms with E-state index in [0.717, 1.165) is 23.2 Å². The number of hydrogen-bond acceptors (Lipinski definition) is 5. The van der Waals surface area contributed by atoms with Crippen molar-refractivity contribution in [3.05, 3.63) is 59.8 Å². The summed E-state index contributed by atoms with van der Waals surface area (Å²) in [6.07, 6.45) is 0.988. The quantitative estimate of drug-likeness (QED) is 0.703. The molecule has 2 aromatic carbocycles. The molecule has 3 aromatic rings. The predicted octanol–water partition coefficient (Wildman–Crippen LogP) is 4.34. The van der Waals surface area contributed by atoms with Crippen molar-refractivity contribution in [2.75, 3.05) is 19.5 Å². The number of carbonyl (C=O) groups is 1. The zero-order valence-corrected chi connectivity index (χ0v) is 14.5. The van der Waals surface area contributed by atoms with Gasteiger partial charge in [-0.15, -0.1) is 0 Å². The van der Waals surface area contributed by atoms with Crippen molar-refractivity contribution in [3.63, 3.8) is 0 Å². The highest BCUT2D eigenvalue weighted by atomic mass is 16.5. The first-order chi connectivity index (χ1) is 12.2. The summed E-state index contributed by atoms with van der Waals surface area (Å²) in [6, 6.07) is 15.5. The molecule has 0 radical (unpaired) electrons. The Kier molecular flexibility index (Phi) is 4.84. The van der Waals surface area contributed by atoms with Gasteiger partial charge in [0.2, 0.25) is 0 Å². The molecule has 0 saturated heterocycles. The summed E-state index contributed by atoms with van der Waals surface area (Å²) in [5, 5.41) is 4.23. The van der Waals surface area contributed by atoms with Gasteiger partial charge in [-0.25, -0.2) is 9.78 Å². The van der Waals surface area contributed by atoms with Crippen LogP contribution in [0, 0.1) is 0 Å². The number of para-hydroxylation sites is 1. The largest absolute Gasteiger partial charge is 0.494 e. The maximum Gasteiger partial charge on any atom is 0.356 e. The fraction of sp³-hybridized carbons (Fsp3) is 0.200. The van der Waals surface area contributed by atoms with Crippen molar-refractivity contribution in [1.29, 1.82) is 0 Å². The van der Waals surface area contributed by atoms with Gasteiger partial charge in [-0.1, -0.05) is 31.2 Å². The van der Waals surface area contributed by atoms with Crippen molar-refractivity contribution < 1.29 is 14.3 Å². The predicted molar refractivity (Wildman–Crippen MR) is 98.7 cm³/mol. The van der Waals surface area contributed by atoms with E-state index in [4.69, 9.17) is 9.47 Å². The van der Waals surface area contributed by atoms with Gasteiger partial charge in [0.15, 0.2) is 5.69 Å². The maximum atomic E-state index is 12.0. The zero-order valence-electron chi connectivity index (χ0n) is 14.5. The Hall–Kier alpha value is -3.08. The molecule has 1 heterocycles. The van der Waals surface area contributed by atoms with E-state index >= 15 is 0 Å². The Bertz CT molecular complexity index is 905. The van der Waals surface area contributed by atoms with E-state index in [1.807, 2.05) is 30.3 Å². The summed E-state index contributed by atoms with van der Waals surface area (Å²) in [6.45, 7) is 2.12. The van der Waals surface area contributed by atoms with Gasteiger partial charge in [-0.05, 0) is 36.2 Å². The van der Waals surface area contributed by atoms with Crippen LogP contribution < -0.4 is 10.1 Å². The van der Waals surface area contributed by atoms with Crippen LogP contribution in [0.15, 0.2) is 48.5 Å². The Morgan fingerprint density at radius 2 is 1.88 bits per heavy atom. The number of aromatic nitrogens is 1. The van der Waals surface area contributed by atoms with E-state index in [9.17, 15) is 4.79 Å². The standard InChI is InChI=1S/C20H20N2O3/c1-4-13-8-10-14(11-9-13)21-16-12-17(20(23)25-3)22-19-15(16)6-5-7-18(19)24-2/h5-12H,4H2,1-3H3,(H,21,22).